The SMILES string of the molecule is C=C/C(=C\C1=C(C)C(=O)N(C2CC(=O)NC(=O)C2)C1)CC. The maximum atomic E-state index is 12.4. The van der Waals surface area contributed by atoms with Crippen molar-refractivity contribution in [2.75, 3.05) is 6.54 Å². The van der Waals surface area contributed by atoms with Gasteiger partial charge in [0, 0.05) is 31.0 Å². The van der Waals surface area contributed by atoms with E-state index in [0.717, 1.165) is 17.6 Å². The molecule has 0 radical (unpaired) electrons. The number of nitrogens with one attached hydrogen (secondary N) is 1. The van der Waals surface area contributed by atoms with Gasteiger partial charge in [-0.25, -0.2) is 0 Å². The molecule has 2 aliphatic rings. The molecular formula is C16H20N2O3. The van der Waals surface area contributed by atoms with Gasteiger partial charge in [-0.15, -0.1) is 0 Å². The summed E-state index contributed by atoms with van der Waals surface area (Å²) in [5.74, 6) is -0.717. The Bertz CT molecular complexity index is 556. The number of carbonyl (C=O) groups excluding carboxylic acids is 3. The summed E-state index contributed by atoms with van der Waals surface area (Å²) in [7, 11) is 0. The van der Waals surface area contributed by atoms with E-state index in [1.807, 2.05) is 13.0 Å². The minimum Gasteiger partial charge on any atom is -0.331 e. The van der Waals surface area contributed by atoms with Gasteiger partial charge >= 0.3 is 0 Å². The normalized spacial score (nSPS) is 21.1. The molecule has 5 heteroatoms. The zero-order valence-electron chi connectivity index (χ0n) is 12.4. The van der Waals surface area contributed by atoms with Gasteiger partial charge in [-0.1, -0.05) is 25.7 Å². The van der Waals surface area contributed by atoms with Crippen LogP contribution in [0.1, 0.15) is 33.1 Å². The molecule has 0 aromatic carbocycles. The number of nitrogens with zero attached hydrogens (tertiary/aromatic N) is 1. The van der Waals surface area contributed by atoms with Crippen LogP contribution in [0, 0.1) is 0 Å². The second-order valence-corrected chi connectivity index (χ2v) is 5.39. The summed E-state index contributed by atoms with van der Waals surface area (Å²) < 4.78 is 0. The van der Waals surface area contributed by atoms with Gasteiger partial charge in [0.2, 0.25) is 17.7 Å². The summed E-state index contributed by atoms with van der Waals surface area (Å²) in [6.45, 7) is 8.03. The summed E-state index contributed by atoms with van der Waals surface area (Å²) in [5, 5.41) is 2.27. The lowest BCUT2D eigenvalue weighted by molar-refractivity contribution is -0.137. The van der Waals surface area contributed by atoms with Gasteiger partial charge in [0.05, 0.1) is 0 Å². The first-order valence-corrected chi connectivity index (χ1v) is 7.12. The molecule has 2 rings (SSSR count). The summed E-state index contributed by atoms with van der Waals surface area (Å²) in [5.41, 5.74) is 2.69. The average molecular weight is 288 g/mol. The Morgan fingerprint density at radius 2 is 1.95 bits per heavy atom. The molecule has 21 heavy (non-hydrogen) atoms. The van der Waals surface area contributed by atoms with E-state index in [1.54, 1.807) is 17.9 Å². The Morgan fingerprint density at radius 1 is 1.33 bits per heavy atom. The van der Waals surface area contributed by atoms with Crippen LogP contribution in [-0.4, -0.2) is 35.2 Å². The highest BCUT2D eigenvalue weighted by molar-refractivity contribution is 6.01. The number of amides is 3. The summed E-state index contributed by atoms with van der Waals surface area (Å²) in [6, 6.07) is -0.339. The van der Waals surface area contributed by atoms with Crippen molar-refractivity contribution in [2.24, 2.45) is 0 Å². The molecule has 3 amide bonds. The molecule has 0 saturated carbocycles. The van der Waals surface area contributed by atoms with Crippen molar-refractivity contribution in [2.45, 2.75) is 39.2 Å². The van der Waals surface area contributed by atoms with Gasteiger partial charge in [-0.05, 0) is 24.5 Å². The lowest BCUT2D eigenvalue weighted by atomic mass is 10.0. The lowest BCUT2D eigenvalue weighted by Gasteiger charge is -2.30. The van der Waals surface area contributed by atoms with E-state index >= 15 is 0 Å². The molecule has 2 aliphatic heterocycles. The fraction of sp³-hybridized carbons (Fsp3) is 0.438. The van der Waals surface area contributed by atoms with Crippen molar-refractivity contribution < 1.29 is 14.4 Å². The Morgan fingerprint density at radius 3 is 2.48 bits per heavy atom. The Kier molecular flexibility index (Phi) is 4.40. The first-order valence-electron chi connectivity index (χ1n) is 7.12. The molecule has 1 saturated heterocycles. The largest absolute Gasteiger partial charge is 0.331 e. The van der Waals surface area contributed by atoms with Crippen LogP contribution in [0.5, 0.6) is 0 Å². The summed E-state index contributed by atoms with van der Waals surface area (Å²) in [6.07, 6.45) is 4.97. The molecule has 1 fully saturated rings. The Hall–Kier alpha value is -2.17. The van der Waals surface area contributed by atoms with E-state index in [0.29, 0.717) is 12.1 Å². The van der Waals surface area contributed by atoms with E-state index in [2.05, 4.69) is 11.9 Å². The van der Waals surface area contributed by atoms with Crippen molar-refractivity contribution >= 4 is 17.7 Å². The number of piperidine rings is 1. The number of rotatable bonds is 4. The van der Waals surface area contributed by atoms with Crippen molar-refractivity contribution in [3.05, 3.63) is 35.5 Å². The molecule has 5 nitrogen and oxygen atoms in total. The standard InChI is InChI=1S/C16H20N2O3/c1-4-11(5-2)6-12-9-18(16(21)10(12)3)13-7-14(19)17-15(20)8-13/h4,6,13H,1,5,7-9H2,2-3H3,(H,17,19,20)/b11-6+. The molecule has 0 bridgehead atoms. The van der Waals surface area contributed by atoms with Crippen molar-refractivity contribution in [1.82, 2.24) is 10.2 Å². The van der Waals surface area contributed by atoms with Crippen molar-refractivity contribution in [3.63, 3.8) is 0 Å². The molecular weight excluding hydrogens is 268 g/mol. The van der Waals surface area contributed by atoms with Crippen LogP contribution in [0.3, 0.4) is 0 Å². The molecule has 0 aromatic rings. The molecule has 1 N–H and O–H groups in total. The van der Waals surface area contributed by atoms with E-state index in [9.17, 15) is 14.4 Å². The fourth-order valence-electron chi connectivity index (χ4n) is 2.68. The van der Waals surface area contributed by atoms with Crippen LogP contribution in [0.25, 0.3) is 0 Å². The van der Waals surface area contributed by atoms with Crippen LogP contribution < -0.4 is 5.32 Å². The maximum Gasteiger partial charge on any atom is 0.250 e. The monoisotopic (exact) mass is 288 g/mol. The van der Waals surface area contributed by atoms with Gasteiger partial charge in [0.15, 0.2) is 0 Å². The van der Waals surface area contributed by atoms with Gasteiger partial charge in [0.1, 0.15) is 0 Å². The number of carbonyl (C=O) groups is 3. The minimum atomic E-state index is -0.339. The number of allylic oxidation sites excluding steroid dienone is 2. The van der Waals surface area contributed by atoms with Gasteiger partial charge in [0.25, 0.3) is 0 Å². The average Bonchev–Trinajstić information content (AvgIpc) is 2.71. The molecule has 0 atom stereocenters. The van der Waals surface area contributed by atoms with Crippen molar-refractivity contribution in [3.8, 4) is 0 Å². The van der Waals surface area contributed by atoms with E-state index < -0.39 is 0 Å². The van der Waals surface area contributed by atoms with Crippen LogP contribution in [-0.2, 0) is 14.4 Å². The van der Waals surface area contributed by atoms with Gasteiger partial charge < -0.3 is 4.90 Å². The Balaban J connectivity index is 2.19. The minimum absolute atomic E-state index is 0.0896. The van der Waals surface area contributed by atoms with Crippen LogP contribution >= 0.6 is 0 Å². The quantitative estimate of drug-likeness (QED) is 0.629. The number of imide groups is 1. The highest BCUT2D eigenvalue weighted by atomic mass is 16.2. The Labute approximate surface area is 124 Å². The molecule has 0 unspecified atom stereocenters. The van der Waals surface area contributed by atoms with Crippen LogP contribution in [0.2, 0.25) is 0 Å². The fourth-order valence-corrected chi connectivity index (χ4v) is 2.68. The van der Waals surface area contributed by atoms with Gasteiger partial charge in [-0.3, -0.25) is 19.7 Å². The second-order valence-electron chi connectivity index (χ2n) is 5.39. The third kappa shape index (κ3) is 3.12. The number of hydrogen-bond acceptors (Lipinski definition) is 3. The third-order valence-corrected chi connectivity index (χ3v) is 4.00. The van der Waals surface area contributed by atoms with E-state index in [1.165, 1.54) is 0 Å². The van der Waals surface area contributed by atoms with Gasteiger partial charge in [-0.2, -0.15) is 0 Å². The maximum absolute atomic E-state index is 12.4. The summed E-state index contributed by atoms with van der Waals surface area (Å²) in [4.78, 5) is 36.9. The smallest absolute Gasteiger partial charge is 0.250 e. The zero-order valence-corrected chi connectivity index (χ0v) is 12.4. The summed E-state index contributed by atoms with van der Waals surface area (Å²) >= 11 is 0. The first-order chi connectivity index (χ1) is 9.96. The lowest BCUT2D eigenvalue weighted by Crippen LogP contribution is -2.49. The predicted octanol–water partition coefficient (Wildman–Crippen LogP) is 1.47. The van der Waals surface area contributed by atoms with E-state index in [4.69, 9.17) is 0 Å². The predicted molar refractivity (Wildman–Crippen MR) is 79.2 cm³/mol. The topological polar surface area (TPSA) is 66.5 Å². The number of hydrogen-bond donors (Lipinski definition) is 1. The zero-order chi connectivity index (χ0) is 15.6. The van der Waals surface area contributed by atoms with Crippen LogP contribution in [0.4, 0.5) is 0 Å². The van der Waals surface area contributed by atoms with Crippen molar-refractivity contribution in [1.29, 1.82) is 0 Å². The molecule has 0 aliphatic carbocycles. The molecule has 2 heterocycles. The highest BCUT2D eigenvalue weighted by Crippen LogP contribution is 2.26. The second kappa shape index (κ2) is 6.08. The highest BCUT2D eigenvalue weighted by Gasteiger charge is 2.36. The molecule has 0 spiro atoms. The first kappa shape index (κ1) is 15.2. The third-order valence-electron chi connectivity index (χ3n) is 4.00. The molecule has 0 aromatic heterocycles. The molecule has 112 valence electrons. The van der Waals surface area contributed by atoms with E-state index in [-0.39, 0.29) is 36.6 Å². The van der Waals surface area contributed by atoms with Crippen LogP contribution in [0.15, 0.2) is 35.5 Å².